The zero-order valence-corrected chi connectivity index (χ0v) is 20.3. The Kier molecular flexibility index (Phi) is 6.95. The third kappa shape index (κ3) is 5.30. The van der Waals surface area contributed by atoms with Gasteiger partial charge in [-0.2, -0.15) is 0 Å². The number of nitrogens with zero attached hydrogens (tertiary/aromatic N) is 3. The molecule has 7 heteroatoms. The molecular weight excluding hydrogens is 438 g/mol. The van der Waals surface area contributed by atoms with Crippen molar-refractivity contribution in [2.75, 3.05) is 36.4 Å². The number of anilines is 2. The van der Waals surface area contributed by atoms with Crippen LogP contribution in [0.5, 0.6) is 0 Å². The van der Waals surface area contributed by atoms with Crippen molar-refractivity contribution in [3.63, 3.8) is 0 Å². The summed E-state index contributed by atoms with van der Waals surface area (Å²) in [5.74, 6) is -0.293. The van der Waals surface area contributed by atoms with E-state index in [2.05, 4.69) is 25.1 Å². The van der Waals surface area contributed by atoms with Crippen LogP contribution in [0.15, 0.2) is 59.7 Å². The Hall–Kier alpha value is -3.45. The molecule has 35 heavy (non-hydrogen) atoms. The Morgan fingerprint density at radius 3 is 2.63 bits per heavy atom. The number of H-pyrrole nitrogens is 1. The minimum Gasteiger partial charge on any atom is -0.367 e. The summed E-state index contributed by atoms with van der Waals surface area (Å²) in [6, 6.07) is 13.9. The number of aromatic nitrogens is 2. The lowest BCUT2D eigenvalue weighted by atomic mass is 10.1. The lowest BCUT2D eigenvalue weighted by Crippen LogP contribution is -2.39. The maximum Gasteiger partial charge on any atom is 0.271 e. The van der Waals surface area contributed by atoms with Crippen LogP contribution in [-0.4, -0.2) is 53.0 Å². The van der Waals surface area contributed by atoms with Crippen molar-refractivity contribution in [3.8, 4) is 11.1 Å². The van der Waals surface area contributed by atoms with Crippen molar-refractivity contribution in [1.82, 2.24) is 14.9 Å². The van der Waals surface area contributed by atoms with Crippen LogP contribution in [0.3, 0.4) is 0 Å². The number of aromatic amines is 1. The summed E-state index contributed by atoms with van der Waals surface area (Å²) in [5.41, 5.74) is 4.34. The average molecular weight is 472 g/mol. The molecule has 2 aromatic heterocycles. The smallest absolute Gasteiger partial charge is 0.271 e. The van der Waals surface area contributed by atoms with E-state index in [1.165, 1.54) is 38.8 Å². The van der Waals surface area contributed by atoms with Crippen molar-refractivity contribution in [1.29, 1.82) is 0 Å². The largest absolute Gasteiger partial charge is 0.367 e. The molecule has 1 amide bonds. The van der Waals surface area contributed by atoms with Crippen molar-refractivity contribution in [2.45, 2.75) is 45.1 Å². The van der Waals surface area contributed by atoms with Gasteiger partial charge < -0.3 is 20.1 Å². The molecule has 2 saturated heterocycles. The number of rotatable bonds is 7. The van der Waals surface area contributed by atoms with Crippen LogP contribution < -0.4 is 15.8 Å². The average Bonchev–Trinajstić information content (AvgIpc) is 3.58. The predicted molar refractivity (Wildman–Crippen MR) is 140 cm³/mol. The standard InChI is InChI=1S/C28H33N5O2/c1-2-23-16-21(11-12-29-23)22-17-26(28(35)30-18-22)31-27(34)20-7-9-24(10-8-20)33-15-5-6-25(33)19-32-13-3-4-14-32/h7-12,16-18,25H,2-6,13-15,19H2,1H3,(H,30,35)(H,31,34)/t25-/m0/s1. The van der Waals surface area contributed by atoms with Gasteiger partial charge in [0.15, 0.2) is 0 Å². The van der Waals surface area contributed by atoms with E-state index in [9.17, 15) is 9.59 Å². The first kappa shape index (κ1) is 23.3. The number of likely N-dealkylation sites (tertiary alicyclic amines) is 1. The molecule has 182 valence electrons. The second-order valence-electron chi connectivity index (χ2n) is 9.52. The number of pyridine rings is 2. The molecule has 1 aromatic carbocycles. The Balaban J connectivity index is 1.28. The Labute approximate surface area is 206 Å². The molecule has 0 spiro atoms. The van der Waals surface area contributed by atoms with Crippen LogP contribution in [-0.2, 0) is 6.42 Å². The molecule has 3 aromatic rings. The van der Waals surface area contributed by atoms with Gasteiger partial charge in [-0.1, -0.05) is 6.92 Å². The van der Waals surface area contributed by atoms with E-state index < -0.39 is 0 Å². The summed E-state index contributed by atoms with van der Waals surface area (Å²) in [6.45, 7) is 6.66. The lowest BCUT2D eigenvalue weighted by Gasteiger charge is -2.30. The fourth-order valence-electron chi connectivity index (χ4n) is 5.22. The van der Waals surface area contributed by atoms with Crippen LogP contribution >= 0.6 is 0 Å². The molecular formula is C28H33N5O2. The second-order valence-corrected chi connectivity index (χ2v) is 9.52. The first-order valence-corrected chi connectivity index (χ1v) is 12.7. The van der Waals surface area contributed by atoms with E-state index in [1.807, 2.05) is 43.3 Å². The van der Waals surface area contributed by atoms with Gasteiger partial charge in [-0.05, 0) is 93.2 Å². The molecule has 5 rings (SSSR count). The van der Waals surface area contributed by atoms with Gasteiger partial charge in [-0.15, -0.1) is 0 Å². The first-order chi connectivity index (χ1) is 17.1. The van der Waals surface area contributed by atoms with Crippen LogP contribution in [0, 0.1) is 0 Å². The van der Waals surface area contributed by atoms with Crippen molar-refractivity contribution in [3.05, 3.63) is 76.5 Å². The number of aryl methyl sites for hydroxylation is 1. The minimum absolute atomic E-state index is 0.233. The summed E-state index contributed by atoms with van der Waals surface area (Å²) < 4.78 is 0. The maximum absolute atomic E-state index is 12.9. The van der Waals surface area contributed by atoms with Gasteiger partial charge in [0.2, 0.25) is 0 Å². The lowest BCUT2D eigenvalue weighted by molar-refractivity contribution is 0.102. The summed E-state index contributed by atoms with van der Waals surface area (Å²) >= 11 is 0. The van der Waals surface area contributed by atoms with Crippen LogP contribution in [0.2, 0.25) is 0 Å². The molecule has 1 atom stereocenters. The van der Waals surface area contributed by atoms with E-state index in [-0.39, 0.29) is 17.2 Å². The minimum atomic E-state index is -0.328. The molecule has 0 unspecified atom stereocenters. The third-order valence-electron chi connectivity index (χ3n) is 7.17. The van der Waals surface area contributed by atoms with E-state index in [1.54, 1.807) is 18.5 Å². The normalized spacial score (nSPS) is 18.2. The van der Waals surface area contributed by atoms with Gasteiger partial charge >= 0.3 is 0 Å². The Bertz CT molecular complexity index is 1230. The number of amides is 1. The molecule has 2 N–H and O–H groups in total. The van der Waals surface area contributed by atoms with E-state index in [0.717, 1.165) is 42.0 Å². The molecule has 2 aliphatic heterocycles. The van der Waals surface area contributed by atoms with Gasteiger partial charge in [0.05, 0.1) is 0 Å². The zero-order chi connectivity index (χ0) is 24.2. The Morgan fingerprint density at radius 1 is 1.06 bits per heavy atom. The Morgan fingerprint density at radius 2 is 1.86 bits per heavy atom. The summed E-state index contributed by atoms with van der Waals surface area (Å²) in [7, 11) is 0. The third-order valence-corrected chi connectivity index (χ3v) is 7.17. The van der Waals surface area contributed by atoms with Crippen LogP contribution in [0.1, 0.15) is 48.7 Å². The first-order valence-electron chi connectivity index (χ1n) is 12.7. The van der Waals surface area contributed by atoms with Gasteiger partial charge in [-0.25, -0.2) is 0 Å². The summed E-state index contributed by atoms with van der Waals surface area (Å²) in [6.07, 6.45) is 9.29. The molecule has 0 saturated carbocycles. The van der Waals surface area contributed by atoms with Crippen molar-refractivity contribution < 1.29 is 4.79 Å². The number of benzene rings is 1. The predicted octanol–water partition coefficient (Wildman–Crippen LogP) is 4.32. The van der Waals surface area contributed by atoms with E-state index >= 15 is 0 Å². The molecule has 0 radical (unpaired) electrons. The van der Waals surface area contributed by atoms with Gasteiger partial charge in [0, 0.05) is 54.0 Å². The van der Waals surface area contributed by atoms with E-state index in [0.29, 0.717) is 11.6 Å². The summed E-state index contributed by atoms with van der Waals surface area (Å²) in [5, 5.41) is 2.79. The number of hydrogen-bond acceptors (Lipinski definition) is 5. The fourth-order valence-corrected chi connectivity index (χ4v) is 5.22. The maximum atomic E-state index is 12.9. The van der Waals surface area contributed by atoms with Crippen molar-refractivity contribution >= 4 is 17.3 Å². The van der Waals surface area contributed by atoms with Crippen molar-refractivity contribution in [2.24, 2.45) is 0 Å². The molecule has 2 aliphatic rings. The number of nitrogens with one attached hydrogen (secondary N) is 2. The highest BCUT2D eigenvalue weighted by atomic mass is 16.2. The number of carbonyl (C=O) groups excluding carboxylic acids is 1. The van der Waals surface area contributed by atoms with Crippen LogP contribution in [0.25, 0.3) is 11.1 Å². The fraction of sp³-hybridized carbons (Fsp3) is 0.393. The second kappa shape index (κ2) is 10.4. The molecule has 2 fully saturated rings. The van der Waals surface area contributed by atoms with E-state index in [4.69, 9.17) is 0 Å². The highest BCUT2D eigenvalue weighted by Gasteiger charge is 2.27. The monoisotopic (exact) mass is 471 g/mol. The molecule has 0 aliphatic carbocycles. The van der Waals surface area contributed by atoms with Gasteiger partial charge in [0.1, 0.15) is 5.69 Å². The zero-order valence-electron chi connectivity index (χ0n) is 20.3. The summed E-state index contributed by atoms with van der Waals surface area (Å²) in [4.78, 5) is 37.5. The SMILES string of the molecule is CCc1cc(-c2c[nH]c(=O)c(NC(=O)c3ccc(N4CCC[C@H]4CN4CCCC4)cc3)c2)ccn1. The van der Waals surface area contributed by atoms with Crippen LogP contribution in [0.4, 0.5) is 11.4 Å². The topological polar surface area (TPSA) is 81.3 Å². The van der Waals surface area contributed by atoms with Gasteiger partial charge in [0.25, 0.3) is 11.5 Å². The number of carbonyl (C=O) groups is 1. The van der Waals surface area contributed by atoms with Gasteiger partial charge in [-0.3, -0.25) is 14.6 Å². The quantitative estimate of drug-likeness (QED) is 0.537. The highest BCUT2D eigenvalue weighted by molar-refractivity contribution is 6.04. The molecule has 4 heterocycles. The number of hydrogen-bond donors (Lipinski definition) is 2. The molecule has 7 nitrogen and oxygen atoms in total. The highest BCUT2D eigenvalue weighted by Crippen LogP contribution is 2.27. The molecule has 0 bridgehead atoms.